The fourth-order valence-electron chi connectivity index (χ4n) is 1.56. The summed E-state index contributed by atoms with van der Waals surface area (Å²) < 4.78 is 0. The molecule has 0 bridgehead atoms. The van der Waals surface area contributed by atoms with E-state index in [1.807, 2.05) is 6.07 Å². The predicted octanol–water partition coefficient (Wildman–Crippen LogP) is 1.19. The highest BCUT2D eigenvalue weighted by atomic mass is 32.2. The average Bonchev–Trinajstić information content (AvgIpc) is 2.71. The number of nitriles is 1. The average molecular weight is 275 g/mol. The highest BCUT2D eigenvalue weighted by Gasteiger charge is 2.31. The minimum atomic E-state index is -0.507. The Morgan fingerprint density at radius 2 is 2.16 bits per heavy atom. The van der Waals surface area contributed by atoms with E-state index < -0.39 is 11.1 Å². The summed E-state index contributed by atoms with van der Waals surface area (Å²) in [5.41, 5.74) is 0.686. The van der Waals surface area contributed by atoms with Crippen LogP contribution in [0.15, 0.2) is 24.3 Å². The van der Waals surface area contributed by atoms with Gasteiger partial charge in [-0.05, 0) is 12.1 Å². The van der Waals surface area contributed by atoms with Crippen LogP contribution in [0, 0.1) is 11.3 Å². The van der Waals surface area contributed by atoms with Crippen LogP contribution in [0.3, 0.4) is 0 Å². The van der Waals surface area contributed by atoms with Crippen molar-refractivity contribution in [3.05, 3.63) is 29.8 Å². The molecule has 0 aliphatic carbocycles. The number of thioether (sulfide) groups is 1. The van der Waals surface area contributed by atoms with Gasteiger partial charge in [0.25, 0.3) is 5.24 Å². The number of carbonyl (C=O) groups is 3. The van der Waals surface area contributed by atoms with E-state index in [1.54, 1.807) is 24.3 Å². The number of nitrogens with one attached hydrogen (secondary N) is 1. The maximum absolute atomic E-state index is 11.8. The van der Waals surface area contributed by atoms with Gasteiger partial charge in [0.1, 0.15) is 12.6 Å². The molecule has 7 heteroatoms. The lowest BCUT2D eigenvalue weighted by molar-refractivity contribution is -0.128. The first-order chi connectivity index (χ1) is 9.11. The minimum Gasteiger partial charge on any atom is -0.323 e. The van der Waals surface area contributed by atoms with Gasteiger partial charge in [-0.25, -0.2) is 0 Å². The second-order valence-electron chi connectivity index (χ2n) is 3.74. The fraction of sp³-hybridized carbons (Fsp3) is 0.167. The second kappa shape index (κ2) is 5.54. The highest BCUT2D eigenvalue weighted by Crippen LogP contribution is 2.19. The van der Waals surface area contributed by atoms with Gasteiger partial charge in [0.15, 0.2) is 0 Å². The Labute approximate surface area is 113 Å². The molecule has 1 heterocycles. The van der Waals surface area contributed by atoms with Crippen molar-refractivity contribution in [3.8, 4) is 6.07 Å². The van der Waals surface area contributed by atoms with E-state index in [1.165, 1.54) is 0 Å². The van der Waals surface area contributed by atoms with Crippen LogP contribution in [0.5, 0.6) is 0 Å². The molecule has 1 aromatic rings. The Bertz CT molecular complexity index is 578. The Balaban J connectivity index is 2.04. The van der Waals surface area contributed by atoms with E-state index in [0.717, 1.165) is 16.7 Å². The molecule has 1 aromatic carbocycles. The van der Waals surface area contributed by atoms with Crippen molar-refractivity contribution in [1.29, 1.82) is 5.26 Å². The predicted molar refractivity (Wildman–Crippen MR) is 69.4 cm³/mol. The van der Waals surface area contributed by atoms with Crippen LogP contribution in [-0.4, -0.2) is 34.3 Å². The molecule has 0 radical (unpaired) electrons. The second-order valence-corrected chi connectivity index (χ2v) is 4.67. The van der Waals surface area contributed by atoms with Crippen molar-refractivity contribution < 1.29 is 14.4 Å². The zero-order valence-corrected chi connectivity index (χ0v) is 10.6. The molecule has 1 fully saturated rings. The van der Waals surface area contributed by atoms with Crippen LogP contribution in [0.1, 0.15) is 5.56 Å². The van der Waals surface area contributed by atoms with Crippen molar-refractivity contribution >= 4 is 34.5 Å². The molecular weight excluding hydrogens is 266 g/mol. The Kier molecular flexibility index (Phi) is 3.82. The van der Waals surface area contributed by atoms with Gasteiger partial charge in [-0.15, -0.1) is 0 Å². The number of imide groups is 1. The van der Waals surface area contributed by atoms with Crippen LogP contribution in [0.2, 0.25) is 0 Å². The van der Waals surface area contributed by atoms with Gasteiger partial charge >= 0.3 is 0 Å². The number of benzene rings is 1. The molecule has 0 atom stereocenters. The molecule has 0 spiro atoms. The molecule has 3 amide bonds. The third-order valence-electron chi connectivity index (χ3n) is 2.46. The van der Waals surface area contributed by atoms with Crippen molar-refractivity contribution in [3.63, 3.8) is 0 Å². The summed E-state index contributed by atoms with van der Waals surface area (Å²) in [7, 11) is 0. The first-order valence-electron chi connectivity index (χ1n) is 5.38. The standard InChI is InChI=1S/C12H9N3O3S/c13-5-8-3-1-2-4-9(8)14-10(16)6-15-11(17)7-19-12(15)18/h1-4H,6-7H2,(H,14,16). The smallest absolute Gasteiger partial charge is 0.289 e. The number of para-hydroxylation sites is 1. The summed E-state index contributed by atoms with van der Waals surface area (Å²) in [4.78, 5) is 35.3. The summed E-state index contributed by atoms with van der Waals surface area (Å²) in [5, 5.41) is 11.0. The number of rotatable bonds is 3. The molecule has 1 aliphatic heterocycles. The number of hydrogen-bond donors (Lipinski definition) is 1. The fourth-order valence-corrected chi connectivity index (χ4v) is 2.28. The minimum absolute atomic E-state index is 0.0703. The molecule has 19 heavy (non-hydrogen) atoms. The van der Waals surface area contributed by atoms with Gasteiger partial charge in [-0.1, -0.05) is 23.9 Å². The molecule has 1 saturated heterocycles. The normalized spacial score (nSPS) is 14.4. The third-order valence-corrected chi connectivity index (χ3v) is 3.32. The van der Waals surface area contributed by atoms with Crippen LogP contribution in [0.4, 0.5) is 10.5 Å². The van der Waals surface area contributed by atoms with E-state index in [0.29, 0.717) is 11.3 Å². The van der Waals surface area contributed by atoms with E-state index in [-0.39, 0.29) is 18.2 Å². The van der Waals surface area contributed by atoms with Gasteiger partial charge < -0.3 is 5.32 Å². The first-order valence-corrected chi connectivity index (χ1v) is 6.36. The first kappa shape index (κ1) is 13.1. The lowest BCUT2D eigenvalue weighted by Gasteiger charge is -2.13. The van der Waals surface area contributed by atoms with Gasteiger partial charge in [0.2, 0.25) is 11.8 Å². The molecule has 96 valence electrons. The van der Waals surface area contributed by atoms with Crippen LogP contribution >= 0.6 is 11.8 Å². The third kappa shape index (κ3) is 2.92. The summed E-state index contributed by atoms with van der Waals surface area (Å²) in [6.07, 6.45) is 0. The Hall–Kier alpha value is -2.33. The van der Waals surface area contributed by atoms with E-state index >= 15 is 0 Å². The Morgan fingerprint density at radius 1 is 1.42 bits per heavy atom. The maximum atomic E-state index is 11.8. The van der Waals surface area contributed by atoms with Crippen molar-refractivity contribution in [2.24, 2.45) is 0 Å². The molecular formula is C12H9N3O3S. The van der Waals surface area contributed by atoms with Crippen molar-refractivity contribution in [2.45, 2.75) is 0 Å². The molecule has 1 aliphatic rings. The zero-order valence-electron chi connectivity index (χ0n) is 9.75. The SMILES string of the molecule is N#Cc1ccccc1NC(=O)CN1C(=O)CSC1=O. The molecule has 0 unspecified atom stereocenters. The summed E-state index contributed by atoms with van der Waals surface area (Å²) >= 11 is 0.875. The van der Waals surface area contributed by atoms with Crippen molar-refractivity contribution in [1.82, 2.24) is 4.90 Å². The summed E-state index contributed by atoms with van der Waals surface area (Å²) in [6, 6.07) is 8.45. The van der Waals surface area contributed by atoms with Gasteiger partial charge in [0.05, 0.1) is 17.0 Å². The molecule has 1 N–H and O–H groups in total. The lowest BCUT2D eigenvalue weighted by atomic mass is 10.2. The topological polar surface area (TPSA) is 90.3 Å². The van der Waals surface area contributed by atoms with Gasteiger partial charge in [-0.2, -0.15) is 5.26 Å². The van der Waals surface area contributed by atoms with Crippen LogP contribution in [0.25, 0.3) is 0 Å². The quantitative estimate of drug-likeness (QED) is 0.894. The number of anilines is 1. The lowest BCUT2D eigenvalue weighted by Crippen LogP contribution is -2.36. The van der Waals surface area contributed by atoms with E-state index in [9.17, 15) is 14.4 Å². The monoisotopic (exact) mass is 275 g/mol. The number of hydrogen-bond acceptors (Lipinski definition) is 5. The molecule has 0 saturated carbocycles. The molecule has 2 rings (SSSR count). The molecule has 0 aromatic heterocycles. The summed E-state index contributed by atoms with van der Waals surface area (Å²) in [6.45, 7) is -0.329. The van der Waals surface area contributed by atoms with E-state index in [2.05, 4.69) is 5.32 Å². The zero-order chi connectivity index (χ0) is 13.8. The van der Waals surface area contributed by atoms with Gasteiger partial charge in [0, 0.05) is 0 Å². The van der Waals surface area contributed by atoms with Crippen molar-refractivity contribution in [2.75, 3.05) is 17.6 Å². The molecule has 6 nitrogen and oxygen atoms in total. The van der Waals surface area contributed by atoms with Crippen LogP contribution in [-0.2, 0) is 9.59 Å². The maximum Gasteiger partial charge on any atom is 0.289 e. The Morgan fingerprint density at radius 3 is 2.79 bits per heavy atom. The number of nitrogens with zero attached hydrogens (tertiary/aromatic N) is 2. The van der Waals surface area contributed by atoms with Gasteiger partial charge in [-0.3, -0.25) is 19.3 Å². The highest BCUT2D eigenvalue weighted by molar-refractivity contribution is 8.14. The summed E-state index contributed by atoms with van der Waals surface area (Å²) in [5.74, 6) is -0.813. The number of amides is 3. The van der Waals surface area contributed by atoms with Crippen LogP contribution < -0.4 is 5.32 Å². The largest absolute Gasteiger partial charge is 0.323 e. The van der Waals surface area contributed by atoms with E-state index in [4.69, 9.17) is 5.26 Å². The number of carbonyl (C=O) groups excluding carboxylic acids is 3.